The second kappa shape index (κ2) is 8.19. The van der Waals surface area contributed by atoms with Crippen molar-refractivity contribution in [3.05, 3.63) is 72.8 Å². The number of fused-ring (bicyclic) bond motifs is 1. The molecule has 0 aliphatic heterocycles. The van der Waals surface area contributed by atoms with Crippen LogP contribution in [0.5, 0.6) is 0 Å². The summed E-state index contributed by atoms with van der Waals surface area (Å²) in [5, 5.41) is 4.77. The van der Waals surface area contributed by atoms with Crippen LogP contribution in [-0.2, 0) is 18.7 Å². The largest absolute Gasteiger partial charge is 0.287 e. The molecule has 4 nitrogen and oxygen atoms in total. The molecule has 0 bridgehead atoms. The number of rotatable bonds is 6. The summed E-state index contributed by atoms with van der Waals surface area (Å²) in [6.07, 6.45) is 0.855. The van der Waals surface area contributed by atoms with Crippen LogP contribution < -0.4 is 5.56 Å². The third kappa shape index (κ3) is 3.79. The van der Waals surface area contributed by atoms with Gasteiger partial charge in [-0.3, -0.25) is 9.36 Å². The fourth-order valence-electron chi connectivity index (χ4n) is 3.10. The van der Waals surface area contributed by atoms with Gasteiger partial charge in [0.05, 0.1) is 16.1 Å². The maximum absolute atomic E-state index is 12.9. The molecule has 0 atom stereocenters. The quantitative estimate of drug-likeness (QED) is 0.304. The van der Waals surface area contributed by atoms with E-state index < -0.39 is 0 Å². The van der Waals surface area contributed by atoms with Gasteiger partial charge < -0.3 is 0 Å². The van der Waals surface area contributed by atoms with Gasteiger partial charge in [-0.1, -0.05) is 42.1 Å². The minimum atomic E-state index is 0.0693. The molecule has 0 unspecified atom stereocenters. The first-order chi connectivity index (χ1) is 13.6. The lowest BCUT2D eigenvalue weighted by molar-refractivity contribution is 0.635. The minimum absolute atomic E-state index is 0.0693. The fourth-order valence-corrected chi connectivity index (χ4v) is 6.06. The lowest BCUT2D eigenvalue weighted by atomic mass is 10.2. The Bertz CT molecular complexity index is 1180. The zero-order chi connectivity index (χ0) is 19.7. The van der Waals surface area contributed by atoms with E-state index in [9.17, 15) is 4.79 Å². The molecule has 7 heteroatoms. The van der Waals surface area contributed by atoms with Crippen molar-refractivity contribution in [3.63, 3.8) is 0 Å². The van der Waals surface area contributed by atoms with Crippen LogP contribution in [0, 0.1) is 13.8 Å². The predicted octanol–water partition coefficient (Wildman–Crippen LogP) is 5.43. The molecular weight excluding hydrogens is 406 g/mol. The van der Waals surface area contributed by atoms with Gasteiger partial charge in [-0.25, -0.2) is 9.97 Å². The van der Waals surface area contributed by atoms with Crippen LogP contribution in [0.2, 0.25) is 0 Å². The van der Waals surface area contributed by atoms with Crippen LogP contribution in [0.3, 0.4) is 0 Å². The highest BCUT2D eigenvalue weighted by molar-refractivity contribution is 7.98. The minimum Gasteiger partial charge on any atom is -0.287 e. The summed E-state index contributed by atoms with van der Waals surface area (Å²) in [5.41, 5.74) is 3.43. The van der Waals surface area contributed by atoms with Gasteiger partial charge in [-0.15, -0.1) is 22.7 Å². The van der Waals surface area contributed by atoms with Gasteiger partial charge in [0.2, 0.25) is 0 Å². The Hall–Kier alpha value is -1.96. The van der Waals surface area contributed by atoms with Crippen LogP contribution in [0.4, 0.5) is 0 Å². The number of nitrogens with zero attached hydrogens (tertiary/aromatic N) is 3. The van der Waals surface area contributed by atoms with Gasteiger partial charge in [0.1, 0.15) is 4.83 Å². The molecule has 28 heavy (non-hydrogen) atoms. The summed E-state index contributed by atoms with van der Waals surface area (Å²) in [5.74, 6) is 0.715. The second-order valence-electron chi connectivity index (χ2n) is 6.59. The SMILES string of the molecule is CCn1c(SCc2csc(Cc3ccccc3)n2)nc2sc(C)c(C)c2c1=O. The predicted molar refractivity (Wildman–Crippen MR) is 120 cm³/mol. The molecule has 0 radical (unpaired) electrons. The lowest BCUT2D eigenvalue weighted by Gasteiger charge is -2.09. The van der Waals surface area contributed by atoms with Crippen molar-refractivity contribution >= 4 is 44.7 Å². The second-order valence-corrected chi connectivity index (χ2v) is 9.68. The molecule has 4 rings (SSSR count). The molecule has 1 aromatic carbocycles. The summed E-state index contributed by atoms with van der Waals surface area (Å²) in [6, 6.07) is 10.4. The number of aromatic nitrogens is 3. The average Bonchev–Trinajstić information content (AvgIpc) is 3.25. The average molecular weight is 428 g/mol. The van der Waals surface area contributed by atoms with Crippen molar-refractivity contribution in [1.29, 1.82) is 0 Å². The third-order valence-corrected chi connectivity index (χ3v) is 7.73. The Balaban J connectivity index is 1.55. The Morgan fingerprint density at radius 1 is 1.14 bits per heavy atom. The first-order valence-electron chi connectivity index (χ1n) is 9.17. The van der Waals surface area contributed by atoms with E-state index in [1.54, 1.807) is 39.0 Å². The first kappa shape index (κ1) is 19.4. The van der Waals surface area contributed by atoms with E-state index in [0.29, 0.717) is 12.3 Å². The third-order valence-electron chi connectivity index (χ3n) is 4.72. The van der Waals surface area contributed by atoms with E-state index >= 15 is 0 Å². The molecule has 0 fully saturated rings. The lowest BCUT2D eigenvalue weighted by Crippen LogP contribution is -2.22. The van der Waals surface area contributed by atoms with Crippen molar-refractivity contribution in [2.24, 2.45) is 0 Å². The van der Waals surface area contributed by atoms with Gasteiger partial charge in [0, 0.05) is 29.0 Å². The molecule has 144 valence electrons. The van der Waals surface area contributed by atoms with E-state index in [4.69, 9.17) is 9.97 Å². The van der Waals surface area contributed by atoms with Crippen LogP contribution in [-0.4, -0.2) is 14.5 Å². The maximum atomic E-state index is 12.9. The Morgan fingerprint density at radius 2 is 1.93 bits per heavy atom. The van der Waals surface area contributed by atoms with Gasteiger partial charge in [-0.2, -0.15) is 0 Å². The van der Waals surface area contributed by atoms with Crippen molar-refractivity contribution in [1.82, 2.24) is 14.5 Å². The Labute approximate surface area is 176 Å². The molecule has 4 aromatic rings. The van der Waals surface area contributed by atoms with Crippen LogP contribution in [0.25, 0.3) is 10.2 Å². The number of aryl methyl sites for hydroxylation is 2. The summed E-state index contributed by atoms with van der Waals surface area (Å²) >= 11 is 4.88. The van der Waals surface area contributed by atoms with Crippen molar-refractivity contribution in [2.45, 2.75) is 44.6 Å². The normalized spacial score (nSPS) is 11.4. The molecule has 0 saturated carbocycles. The van der Waals surface area contributed by atoms with Crippen LogP contribution >= 0.6 is 34.4 Å². The van der Waals surface area contributed by atoms with E-state index in [1.807, 2.05) is 26.8 Å². The molecule has 0 aliphatic carbocycles. The van der Waals surface area contributed by atoms with Gasteiger partial charge in [-0.05, 0) is 31.9 Å². The van der Waals surface area contributed by atoms with E-state index in [-0.39, 0.29) is 5.56 Å². The molecule has 3 heterocycles. The van der Waals surface area contributed by atoms with E-state index in [2.05, 4.69) is 29.6 Å². The topological polar surface area (TPSA) is 47.8 Å². The Morgan fingerprint density at radius 3 is 2.68 bits per heavy atom. The Kier molecular flexibility index (Phi) is 5.66. The fraction of sp³-hybridized carbons (Fsp3) is 0.286. The van der Waals surface area contributed by atoms with Crippen LogP contribution in [0.15, 0.2) is 45.7 Å². The number of hydrogen-bond donors (Lipinski definition) is 0. The van der Waals surface area contributed by atoms with Gasteiger partial charge in [0.25, 0.3) is 5.56 Å². The summed E-state index contributed by atoms with van der Waals surface area (Å²) in [7, 11) is 0. The van der Waals surface area contributed by atoms with Gasteiger partial charge in [0.15, 0.2) is 5.16 Å². The zero-order valence-corrected chi connectivity index (χ0v) is 18.5. The highest BCUT2D eigenvalue weighted by Crippen LogP contribution is 2.29. The summed E-state index contributed by atoms with van der Waals surface area (Å²) < 4.78 is 1.78. The summed E-state index contributed by atoms with van der Waals surface area (Å²) in [6.45, 7) is 6.67. The smallest absolute Gasteiger partial charge is 0.263 e. The van der Waals surface area contributed by atoms with Crippen molar-refractivity contribution < 1.29 is 0 Å². The zero-order valence-electron chi connectivity index (χ0n) is 16.1. The molecule has 0 N–H and O–H groups in total. The number of hydrogen-bond acceptors (Lipinski definition) is 6. The molecule has 0 aliphatic rings. The number of thiazole rings is 1. The molecule has 0 saturated heterocycles. The molecular formula is C21H21N3OS3. The number of benzene rings is 1. The first-order valence-corrected chi connectivity index (χ1v) is 11.9. The standard InChI is InChI=1S/C21H21N3OS3/c1-4-24-20(25)18-13(2)14(3)28-19(18)23-21(24)27-12-16-11-26-17(22-16)10-15-8-6-5-7-9-15/h5-9,11H,4,10,12H2,1-3H3. The number of thioether (sulfide) groups is 1. The maximum Gasteiger partial charge on any atom is 0.263 e. The van der Waals surface area contributed by atoms with Crippen molar-refractivity contribution in [3.8, 4) is 0 Å². The molecule has 0 amide bonds. The highest BCUT2D eigenvalue weighted by atomic mass is 32.2. The monoisotopic (exact) mass is 427 g/mol. The van der Waals surface area contributed by atoms with Crippen LogP contribution in [0.1, 0.15) is 33.6 Å². The van der Waals surface area contributed by atoms with Gasteiger partial charge >= 0.3 is 0 Å². The number of thiophene rings is 1. The molecule has 3 aromatic heterocycles. The van der Waals surface area contributed by atoms with E-state index in [0.717, 1.165) is 42.9 Å². The highest BCUT2D eigenvalue weighted by Gasteiger charge is 2.16. The molecule has 0 spiro atoms. The summed E-state index contributed by atoms with van der Waals surface area (Å²) in [4.78, 5) is 24.5. The van der Waals surface area contributed by atoms with Crippen molar-refractivity contribution in [2.75, 3.05) is 0 Å². The van der Waals surface area contributed by atoms with E-state index in [1.165, 1.54) is 5.56 Å².